The molecule has 1 heteroatoms. The molecule has 0 spiro atoms. The number of carbonyl (C=O) groups is 1. The highest BCUT2D eigenvalue weighted by molar-refractivity contribution is 5.91. The van der Waals surface area contributed by atoms with E-state index in [1.165, 1.54) is 5.57 Å². The summed E-state index contributed by atoms with van der Waals surface area (Å²) in [4.78, 5) is 11.5. The van der Waals surface area contributed by atoms with Gasteiger partial charge in [0.05, 0.1) is 0 Å². The molecule has 1 saturated carbocycles. The van der Waals surface area contributed by atoms with E-state index in [-0.39, 0.29) is 11.7 Å². The molecular formula is C13H20O. The van der Waals surface area contributed by atoms with Gasteiger partial charge in [0.15, 0.2) is 5.78 Å². The predicted octanol–water partition coefficient (Wildman–Crippen LogP) is 3.66. The fourth-order valence-electron chi connectivity index (χ4n) is 1.69. The van der Waals surface area contributed by atoms with E-state index in [2.05, 4.69) is 13.0 Å². The largest absolute Gasteiger partial charge is 0.295 e. The van der Waals surface area contributed by atoms with Crippen LogP contribution < -0.4 is 0 Å². The average Bonchev–Trinajstić information content (AvgIpc) is 2.19. The first kappa shape index (κ1) is 11.2. The molecule has 78 valence electrons. The Hall–Kier alpha value is -0.850. The SMILES string of the molecule is CC=C1CCC(=CC(=O)C(C)C)CC1. The minimum atomic E-state index is 0.144. The third-order valence-electron chi connectivity index (χ3n) is 2.86. The summed E-state index contributed by atoms with van der Waals surface area (Å²) in [5.74, 6) is 0.426. The van der Waals surface area contributed by atoms with E-state index >= 15 is 0 Å². The van der Waals surface area contributed by atoms with Gasteiger partial charge in [-0.15, -0.1) is 0 Å². The first-order valence-corrected chi connectivity index (χ1v) is 5.51. The van der Waals surface area contributed by atoms with Gasteiger partial charge in [0.2, 0.25) is 0 Å². The molecule has 0 atom stereocenters. The van der Waals surface area contributed by atoms with Crippen molar-refractivity contribution in [1.82, 2.24) is 0 Å². The van der Waals surface area contributed by atoms with E-state index in [0.29, 0.717) is 0 Å². The van der Waals surface area contributed by atoms with E-state index in [9.17, 15) is 4.79 Å². The van der Waals surface area contributed by atoms with Crippen molar-refractivity contribution in [3.8, 4) is 0 Å². The van der Waals surface area contributed by atoms with Crippen molar-refractivity contribution in [1.29, 1.82) is 0 Å². The van der Waals surface area contributed by atoms with Gasteiger partial charge in [-0.2, -0.15) is 0 Å². The maximum absolute atomic E-state index is 11.5. The van der Waals surface area contributed by atoms with Crippen LogP contribution in [0.1, 0.15) is 46.5 Å². The standard InChI is InChI=1S/C13H20O/c1-4-11-5-7-12(8-6-11)9-13(14)10(2)3/h4,9-10H,5-8H2,1-3H3. The van der Waals surface area contributed by atoms with E-state index < -0.39 is 0 Å². The molecule has 0 unspecified atom stereocenters. The summed E-state index contributed by atoms with van der Waals surface area (Å²) in [6.45, 7) is 6.02. The van der Waals surface area contributed by atoms with Gasteiger partial charge in [-0.3, -0.25) is 4.79 Å². The van der Waals surface area contributed by atoms with Gasteiger partial charge >= 0.3 is 0 Å². The normalized spacial score (nSPS) is 17.1. The van der Waals surface area contributed by atoms with E-state index in [0.717, 1.165) is 25.7 Å². The van der Waals surface area contributed by atoms with Crippen molar-refractivity contribution in [3.05, 3.63) is 23.3 Å². The molecule has 0 aromatic heterocycles. The van der Waals surface area contributed by atoms with Crippen molar-refractivity contribution in [2.45, 2.75) is 46.5 Å². The molecule has 1 fully saturated rings. The van der Waals surface area contributed by atoms with Gasteiger partial charge in [0, 0.05) is 5.92 Å². The summed E-state index contributed by atoms with van der Waals surface area (Å²) < 4.78 is 0. The molecule has 1 nitrogen and oxygen atoms in total. The number of rotatable bonds is 2. The summed E-state index contributed by atoms with van der Waals surface area (Å²) in [5.41, 5.74) is 2.88. The Bertz CT molecular complexity index is 257. The number of hydrogen-bond acceptors (Lipinski definition) is 1. The lowest BCUT2D eigenvalue weighted by Gasteiger charge is -2.17. The van der Waals surface area contributed by atoms with Gasteiger partial charge in [-0.25, -0.2) is 0 Å². The van der Waals surface area contributed by atoms with Crippen LogP contribution in [0.3, 0.4) is 0 Å². The Balaban J connectivity index is 2.53. The fourth-order valence-corrected chi connectivity index (χ4v) is 1.69. The van der Waals surface area contributed by atoms with Crippen LogP contribution in [0.2, 0.25) is 0 Å². The predicted molar refractivity (Wildman–Crippen MR) is 60.2 cm³/mol. The molecule has 0 radical (unpaired) electrons. The highest BCUT2D eigenvalue weighted by Crippen LogP contribution is 2.27. The number of carbonyl (C=O) groups excluding carboxylic acids is 1. The van der Waals surface area contributed by atoms with E-state index in [1.807, 2.05) is 19.9 Å². The van der Waals surface area contributed by atoms with Gasteiger partial charge in [0.1, 0.15) is 0 Å². The molecule has 0 aromatic rings. The van der Waals surface area contributed by atoms with Crippen LogP contribution in [0.25, 0.3) is 0 Å². The minimum absolute atomic E-state index is 0.144. The molecule has 0 aromatic carbocycles. The zero-order chi connectivity index (χ0) is 10.6. The van der Waals surface area contributed by atoms with Crippen LogP contribution in [-0.4, -0.2) is 5.78 Å². The van der Waals surface area contributed by atoms with Gasteiger partial charge < -0.3 is 0 Å². The molecule has 1 rings (SSSR count). The number of allylic oxidation sites excluding steroid dienone is 4. The van der Waals surface area contributed by atoms with Crippen molar-refractivity contribution >= 4 is 5.78 Å². The first-order valence-electron chi connectivity index (χ1n) is 5.51. The lowest BCUT2D eigenvalue weighted by atomic mass is 9.89. The molecule has 0 saturated heterocycles. The van der Waals surface area contributed by atoms with Crippen LogP contribution in [-0.2, 0) is 4.79 Å². The van der Waals surface area contributed by atoms with Gasteiger partial charge in [-0.05, 0) is 38.7 Å². The van der Waals surface area contributed by atoms with Crippen LogP contribution in [0.4, 0.5) is 0 Å². The molecule has 0 heterocycles. The van der Waals surface area contributed by atoms with E-state index in [4.69, 9.17) is 0 Å². The minimum Gasteiger partial charge on any atom is -0.295 e. The maximum Gasteiger partial charge on any atom is 0.158 e. The third kappa shape index (κ3) is 3.13. The highest BCUT2D eigenvalue weighted by Gasteiger charge is 2.11. The Kier molecular flexibility index (Phi) is 4.12. The third-order valence-corrected chi connectivity index (χ3v) is 2.86. The second kappa shape index (κ2) is 5.14. The summed E-state index contributed by atoms with van der Waals surface area (Å²) in [6.07, 6.45) is 8.54. The van der Waals surface area contributed by atoms with Crippen LogP contribution in [0.5, 0.6) is 0 Å². The molecule has 0 bridgehead atoms. The molecule has 1 aliphatic rings. The monoisotopic (exact) mass is 192 g/mol. The lowest BCUT2D eigenvalue weighted by molar-refractivity contribution is -0.117. The summed E-state index contributed by atoms with van der Waals surface area (Å²) in [5, 5.41) is 0. The van der Waals surface area contributed by atoms with Crippen LogP contribution >= 0.6 is 0 Å². The summed E-state index contributed by atoms with van der Waals surface area (Å²) >= 11 is 0. The molecule has 0 aliphatic heterocycles. The summed E-state index contributed by atoms with van der Waals surface area (Å²) in [7, 11) is 0. The molecule has 0 N–H and O–H groups in total. The van der Waals surface area contributed by atoms with Crippen molar-refractivity contribution in [3.63, 3.8) is 0 Å². The Morgan fingerprint density at radius 3 is 2.07 bits per heavy atom. The zero-order valence-electron chi connectivity index (χ0n) is 9.47. The quantitative estimate of drug-likeness (QED) is 0.482. The van der Waals surface area contributed by atoms with Crippen molar-refractivity contribution in [2.75, 3.05) is 0 Å². The zero-order valence-corrected chi connectivity index (χ0v) is 9.47. The maximum atomic E-state index is 11.5. The Labute approximate surface area is 86.9 Å². The molecule has 1 aliphatic carbocycles. The molecule has 0 amide bonds. The van der Waals surface area contributed by atoms with Crippen LogP contribution in [0, 0.1) is 5.92 Å². The van der Waals surface area contributed by atoms with Crippen molar-refractivity contribution < 1.29 is 4.79 Å². The first-order chi connectivity index (χ1) is 6.63. The second-order valence-corrected chi connectivity index (χ2v) is 4.31. The Morgan fingerprint density at radius 2 is 1.64 bits per heavy atom. The van der Waals surface area contributed by atoms with E-state index in [1.54, 1.807) is 5.57 Å². The smallest absolute Gasteiger partial charge is 0.158 e. The second-order valence-electron chi connectivity index (χ2n) is 4.31. The van der Waals surface area contributed by atoms with Gasteiger partial charge in [0.25, 0.3) is 0 Å². The summed E-state index contributed by atoms with van der Waals surface area (Å²) in [6, 6.07) is 0. The van der Waals surface area contributed by atoms with Gasteiger partial charge in [-0.1, -0.05) is 31.1 Å². The van der Waals surface area contributed by atoms with Crippen molar-refractivity contribution in [2.24, 2.45) is 5.92 Å². The highest BCUT2D eigenvalue weighted by atomic mass is 16.1. The number of ketones is 1. The fraction of sp³-hybridized carbons (Fsp3) is 0.615. The topological polar surface area (TPSA) is 17.1 Å². The Morgan fingerprint density at radius 1 is 1.14 bits per heavy atom. The average molecular weight is 192 g/mol. The molecule has 14 heavy (non-hydrogen) atoms. The lowest BCUT2D eigenvalue weighted by Crippen LogP contribution is -2.06. The van der Waals surface area contributed by atoms with Crippen LogP contribution in [0.15, 0.2) is 23.3 Å². The molecular weight excluding hydrogens is 172 g/mol. The number of hydrogen-bond donors (Lipinski definition) is 0.